The van der Waals surface area contributed by atoms with E-state index in [1.807, 2.05) is 31.2 Å². The van der Waals surface area contributed by atoms with E-state index in [2.05, 4.69) is 14.8 Å². The summed E-state index contributed by atoms with van der Waals surface area (Å²) in [6.45, 7) is 1.94. The molecule has 0 aliphatic heterocycles. The monoisotopic (exact) mass is 358 g/mol. The molecule has 0 saturated carbocycles. The molecule has 2 atom stereocenters. The summed E-state index contributed by atoms with van der Waals surface area (Å²) in [6.07, 6.45) is 1.79. The number of benzene rings is 1. The summed E-state index contributed by atoms with van der Waals surface area (Å²) in [7, 11) is 0. The number of hydrogen-bond acceptors (Lipinski definition) is 2. The van der Waals surface area contributed by atoms with Gasteiger partial charge in [0.05, 0.1) is 5.25 Å². The van der Waals surface area contributed by atoms with Crippen LogP contribution in [0.2, 0.25) is 14.8 Å². The fourth-order valence-corrected chi connectivity index (χ4v) is 2.40. The molecule has 1 aromatic rings. The molecule has 1 aliphatic carbocycles. The molecular weight excluding hydrogens is 339 g/mol. The third-order valence-electron chi connectivity index (χ3n) is 2.30. The molecule has 0 heterocycles. The van der Waals surface area contributed by atoms with Crippen molar-refractivity contribution in [1.82, 2.24) is 0 Å². The van der Waals surface area contributed by atoms with Gasteiger partial charge in [-0.3, -0.25) is 4.21 Å². The van der Waals surface area contributed by atoms with Gasteiger partial charge in [-0.25, -0.2) is 0 Å². The molecule has 0 fully saturated rings. The fourth-order valence-electron chi connectivity index (χ4n) is 1.67. The Labute approximate surface area is 113 Å². The molecule has 1 aliphatic rings. The quantitative estimate of drug-likeness (QED) is 0.571. The normalized spacial score (nSPS) is 18.6. The van der Waals surface area contributed by atoms with E-state index in [-0.39, 0.29) is 0 Å². The van der Waals surface area contributed by atoms with Crippen molar-refractivity contribution >= 4 is 36.4 Å². The maximum absolute atomic E-state index is 10.9. The maximum atomic E-state index is 10.9. The van der Waals surface area contributed by atoms with Gasteiger partial charge in [-0.05, 0) is 34.7 Å². The van der Waals surface area contributed by atoms with Crippen molar-refractivity contribution in [1.29, 1.82) is 0 Å². The van der Waals surface area contributed by atoms with E-state index in [4.69, 9.17) is 0 Å². The van der Waals surface area contributed by atoms with Crippen molar-refractivity contribution < 1.29 is 8.76 Å². The van der Waals surface area contributed by atoms with E-state index in [0.717, 1.165) is 16.7 Å². The standard InChI is InChI=1S/C10H10O2S.3CH3.Sn/c1-7-6-10(13(11)12)9-5-3-2-4-8(7)9;;;;/h2-6,10H,1H3,(H,11,12);3*1H3;/q;;;;+1/p-1. The van der Waals surface area contributed by atoms with E-state index >= 15 is 0 Å². The molecular formula is C13H18O2SSn. The Balaban J connectivity index is 0.000000317. The average molecular weight is 357 g/mol. The SMILES string of the molecule is CC1=CC(S(=O)[O-])c2ccccc21.[CH3][Sn+]([CH3])[CH3]. The van der Waals surface area contributed by atoms with Gasteiger partial charge in [-0.2, -0.15) is 0 Å². The Morgan fingerprint density at radius 3 is 2.29 bits per heavy atom. The van der Waals surface area contributed by atoms with E-state index < -0.39 is 36.1 Å². The van der Waals surface area contributed by atoms with Crippen molar-refractivity contribution in [2.45, 2.75) is 27.0 Å². The molecule has 0 N–H and O–H groups in total. The summed E-state index contributed by atoms with van der Waals surface area (Å²) >= 11 is -2.59. The molecule has 0 saturated heterocycles. The van der Waals surface area contributed by atoms with Gasteiger partial charge in [0.25, 0.3) is 0 Å². The van der Waals surface area contributed by atoms with Crippen molar-refractivity contribution in [3.63, 3.8) is 0 Å². The van der Waals surface area contributed by atoms with E-state index in [0.29, 0.717) is 0 Å². The molecule has 4 heteroatoms. The van der Waals surface area contributed by atoms with Crippen LogP contribution in [0.25, 0.3) is 5.57 Å². The van der Waals surface area contributed by atoms with Crippen LogP contribution in [0.1, 0.15) is 23.3 Å². The van der Waals surface area contributed by atoms with Crippen molar-refractivity contribution in [3.05, 3.63) is 41.5 Å². The first-order valence-corrected chi connectivity index (χ1v) is 15.3. The Kier molecular flexibility index (Phi) is 5.89. The minimum absolute atomic E-state index is 0.448. The summed E-state index contributed by atoms with van der Waals surface area (Å²) in [5.74, 6) is 0. The summed E-state index contributed by atoms with van der Waals surface area (Å²) in [4.78, 5) is 7.09. The zero-order chi connectivity index (χ0) is 13.0. The van der Waals surface area contributed by atoms with Crippen molar-refractivity contribution in [2.24, 2.45) is 0 Å². The van der Waals surface area contributed by atoms with Crippen molar-refractivity contribution in [3.8, 4) is 0 Å². The Hall–Kier alpha value is -0.131. The molecule has 2 unspecified atom stereocenters. The minimum atomic E-state index is -2.05. The first kappa shape index (κ1) is 14.9. The van der Waals surface area contributed by atoms with Crippen LogP contribution in [0.4, 0.5) is 0 Å². The van der Waals surface area contributed by atoms with Crippen molar-refractivity contribution in [2.75, 3.05) is 0 Å². The van der Waals surface area contributed by atoms with Gasteiger partial charge >= 0.3 is 34.6 Å². The second-order valence-corrected chi connectivity index (χ2v) is 14.2. The average Bonchev–Trinajstić information content (AvgIpc) is 2.56. The predicted molar refractivity (Wildman–Crippen MR) is 75.1 cm³/mol. The predicted octanol–water partition coefficient (Wildman–Crippen LogP) is 3.39. The number of hydrogen-bond donors (Lipinski definition) is 0. The third-order valence-corrected chi connectivity index (χ3v) is 3.11. The van der Waals surface area contributed by atoms with Crippen LogP contribution in [-0.2, 0) is 11.1 Å². The Morgan fingerprint density at radius 2 is 1.76 bits per heavy atom. The van der Waals surface area contributed by atoms with Crippen LogP contribution in [0, 0.1) is 0 Å². The van der Waals surface area contributed by atoms with Crippen LogP contribution in [-0.4, -0.2) is 28.5 Å². The zero-order valence-electron chi connectivity index (χ0n) is 10.7. The van der Waals surface area contributed by atoms with E-state index in [1.54, 1.807) is 6.08 Å². The summed E-state index contributed by atoms with van der Waals surface area (Å²) in [6, 6.07) is 7.61. The van der Waals surface area contributed by atoms with Gasteiger partial charge in [0.1, 0.15) is 0 Å². The first-order chi connectivity index (χ1) is 7.93. The van der Waals surface area contributed by atoms with Gasteiger partial charge in [0, 0.05) is 0 Å². The molecule has 2 rings (SSSR count). The van der Waals surface area contributed by atoms with Crippen LogP contribution >= 0.6 is 0 Å². The number of allylic oxidation sites excluding steroid dienone is 1. The summed E-state index contributed by atoms with van der Waals surface area (Å²) in [5.41, 5.74) is 3.00. The summed E-state index contributed by atoms with van der Waals surface area (Å²) < 4.78 is 21.7. The first-order valence-electron chi connectivity index (χ1n) is 5.56. The number of fused-ring (bicyclic) bond motifs is 1. The van der Waals surface area contributed by atoms with E-state index in [9.17, 15) is 8.76 Å². The van der Waals surface area contributed by atoms with Gasteiger partial charge < -0.3 is 4.55 Å². The van der Waals surface area contributed by atoms with Crippen LogP contribution in [0.3, 0.4) is 0 Å². The van der Waals surface area contributed by atoms with Crippen LogP contribution in [0.15, 0.2) is 30.3 Å². The summed E-state index contributed by atoms with van der Waals surface area (Å²) in [5, 5.41) is -0.448. The molecule has 0 amide bonds. The van der Waals surface area contributed by atoms with Crippen LogP contribution in [0.5, 0.6) is 0 Å². The van der Waals surface area contributed by atoms with Gasteiger partial charge in [-0.15, -0.1) is 0 Å². The molecule has 0 spiro atoms. The molecule has 92 valence electrons. The molecule has 2 nitrogen and oxygen atoms in total. The molecule has 0 aromatic heterocycles. The molecule has 1 aromatic carbocycles. The fraction of sp³-hybridized carbons (Fsp3) is 0.385. The van der Waals surface area contributed by atoms with Crippen LogP contribution < -0.4 is 0 Å². The van der Waals surface area contributed by atoms with E-state index in [1.165, 1.54) is 0 Å². The molecule has 17 heavy (non-hydrogen) atoms. The second kappa shape index (κ2) is 6.71. The zero-order valence-corrected chi connectivity index (χ0v) is 14.4. The van der Waals surface area contributed by atoms with Gasteiger partial charge in [-0.1, -0.05) is 30.3 Å². The second-order valence-electron chi connectivity index (χ2n) is 4.62. The Morgan fingerprint density at radius 1 is 1.24 bits per heavy atom. The number of rotatable bonds is 1. The van der Waals surface area contributed by atoms with Gasteiger partial charge in [0.2, 0.25) is 0 Å². The van der Waals surface area contributed by atoms with Gasteiger partial charge in [0.15, 0.2) is 0 Å². The third kappa shape index (κ3) is 4.23. The molecule has 0 radical (unpaired) electrons. The molecule has 0 bridgehead atoms. The topological polar surface area (TPSA) is 40.1 Å². The Bertz CT molecular complexity index is 438.